The number of hydrogen-bond donors (Lipinski definition) is 0. The zero-order valence-corrected chi connectivity index (χ0v) is 38.2. The molecule has 0 N–H and O–H groups in total. The second-order valence-electron chi connectivity index (χ2n) is 16.3. The van der Waals surface area contributed by atoms with Crippen molar-refractivity contribution in [1.82, 2.24) is 0 Å². The normalized spacial score (nSPS) is 11.8. The molecule has 0 radical (unpaired) electrons. The quantitative estimate of drug-likeness (QED) is 0.133. The Hall–Kier alpha value is -7.20. The average Bonchev–Trinajstić information content (AvgIpc) is 4.13. The van der Waals surface area contributed by atoms with E-state index in [1.54, 1.807) is 45.3 Å². The first-order valence-corrected chi connectivity index (χ1v) is 24.9. The van der Waals surface area contributed by atoms with Gasteiger partial charge in [0.2, 0.25) is 0 Å². The highest BCUT2D eigenvalue weighted by atomic mass is 32.1. The topological polar surface area (TPSA) is 6.48 Å². The molecule has 0 fully saturated rings. The molecule has 0 aliphatic rings. The lowest BCUT2D eigenvalue weighted by molar-refractivity contribution is 0.589. The Morgan fingerprint density at radius 2 is 0.712 bits per heavy atom. The third kappa shape index (κ3) is 6.51. The molecule has 0 unspecified atom stereocenters. The molecule has 13 aromatic rings. The first-order chi connectivity index (χ1) is 32.5. The molecule has 0 saturated heterocycles. The second kappa shape index (κ2) is 15.8. The molecule has 0 saturated carbocycles. The molecule has 8 heteroatoms. The van der Waals surface area contributed by atoms with Gasteiger partial charge >= 0.3 is 0 Å². The molecule has 4 aromatic heterocycles. The molecular weight excluding hydrogens is 891 g/mol. The minimum Gasteiger partial charge on any atom is -0.302 e. The van der Waals surface area contributed by atoms with E-state index in [1.807, 2.05) is 36.4 Å². The van der Waals surface area contributed by atoms with Gasteiger partial charge in [0.25, 0.3) is 0 Å². The predicted octanol–water partition coefficient (Wildman–Crippen LogP) is 19.4. The zero-order valence-electron chi connectivity index (χ0n) is 34.9. The van der Waals surface area contributed by atoms with Gasteiger partial charge < -0.3 is 9.80 Å². The summed E-state index contributed by atoms with van der Waals surface area (Å²) in [5.74, 6) is -1.15. The van der Waals surface area contributed by atoms with Gasteiger partial charge in [0.15, 0.2) is 0 Å². The van der Waals surface area contributed by atoms with Crippen LogP contribution < -0.4 is 9.80 Å². The molecule has 4 heterocycles. The van der Waals surface area contributed by atoms with Gasteiger partial charge in [-0.25, -0.2) is 8.78 Å². The fourth-order valence-corrected chi connectivity index (χ4v) is 14.4. The van der Waals surface area contributed by atoms with Crippen LogP contribution in [-0.4, -0.2) is 0 Å². The van der Waals surface area contributed by atoms with E-state index >= 15 is 8.78 Å². The van der Waals surface area contributed by atoms with Crippen LogP contribution in [0.3, 0.4) is 0 Å². The van der Waals surface area contributed by atoms with Gasteiger partial charge in [0.05, 0.1) is 5.56 Å². The van der Waals surface area contributed by atoms with Crippen LogP contribution in [0.5, 0.6) is 0 Å². The number of nitrogens with zero attached hydrogens (tertiary/aromatic N) is 2. The number of benzene rings is 9. The van der Waals surface area contributed by atoms with Crippen molar-refractivity contribution in [2.75, 3.05) is 9.80 Å². The Bertz CT molecular complexity index is 3530. The fourth-order valence-electron chi connectivity index (χ4n) is 9.51. The number of thiophene rings is 4. The largest absolute Gasteiger partial charge is 0.302 e. The van der Waals surface area contributed by atoms with E-state index < -0.39 is 11.6 Å². The number of rotatable bonds is 9. The van der Waals surface area contributed by atoms with Gasteiger partial charge in [-0.2, -0.15) is 0 Å². The molecule has 13 rings (SSSR count). The van der Waals surface area contributed by atoms with Crippen LogP contribution in [0.4, 0.5) is 41.5 Å². The lowest BCUT2D eigenvalue weighted by Gasteiger charge is -2.23. The summed E-state index contributed by atoms with van der Waals surface area (Å²) in [6, 6.07) is 70.4. The highest BCUT2D eigenvalue weighted by molar-refractivity contribution is 7.32. The van der Waals surface area contributed by atoms with Gasteiger partial charge in [-0.3, -0.25) is 0 Å². The van der Waals surface area contributed by atoms with Crippen LogP contribution in [0.2, 0.25) is 0 Å². The smallest absolute Gasteiger partial charge is 0.133 e. The summed E-state index contributed by atoms with van der Waals surface area (Å²) in [7, 11) is 0. The third-order valence-corrected chi connectivity index (χ3v) is 17.0. The Morgan fingerprint density at radius 1 is 0.333 bits per heavy atom. The van der Waals surface area contributed by atoms with Crippen molar-refractivity contribution < 1.29 is 8.78 Å². The summed E-state index contributed by atoms with van der Waals surface area (Å²) in [5, 5.41) is 8.76. The molecule has 2 nitrogen and oxygen atoms in total. The van der Waals surface area contributed by atoms with E-state index in [0.29, 0.717) is 5.56 Å². The third-order valence-electron chi connectivity index (χ3n) is 12.4. The van der Waals surface area contributed by atoms with Gasteiger partial charge in [-0.15, -0.1) is 45.3 Å². The molecule has 0 atom stereocenters. The lowest BCUT2D eigenvalue weighted by atomic mass is 9.86. The summed E-state index contributed by atoms with van der Waals surface area (Å²) in [4.78, 5) is 6.94. The highest BCUT2D eigenvalue weighted by Crippen LogP contribution is 2.52. The molecular formula is C58H34F2N2S4. The molecule has 0 aliphatic carbocycles. The van der Waals surface area contributed by atoms with E-state index in [1.165, 1.54) is 37.0 Å². The van der Waals surface area contributed by atoms with Crippen molar-refractivity contribution >= 4 is 129 Å². The number of anilines is 6. The maximum absolute atomic E-state index is 15.6. The van der Waals surface area contributed by atoms with Crippen molar-refractivity contribution in [3.05, 3.63) is 218 Å². The van der Waals surface area contributed by atoms with E-state index in [9.17, 15) is 0 Å². The number of para-hydroxylation sites is 4. The number of fused-ring (bicyclic) bond motifs is 2. The SMILES string of the molecule is Fc1cccc(F)c1-c1cc2cc(-c3cc4sc(N(c5ccccc5)c5ccccc5)cc4s3)c3cccc4c(-c5cc6sc(N(c7ccccc7)c7ccccc7)cc6s5)cc(c1)c2c34. The molecule has 314 valence electrons. The summed E-state index contributed by atoms with van der Waals surface area (Å²) >= 11 is 7.14. The molecule has 0 aliphatic heterocycles. The van der Waals surface area contributed by atoms with Crippen LogP contribution in [0.25, 0.3) is 83.1 Å². The van der Waals surface area contributed by atoms with Crippen LogP contribution in [0.15, 0.2) is 206 Å². The van der Waals surface area contributed by atoms with Crippen molar-refractivity contribution in [2.45, 2.75) is 0 Å². The van der Waals surface area contributed by atoms with Crippen molar-refractivity contribution in [1.29, 1.82) is 0 Å². The number of halogens is 2. The maximum atomic E-state index is 15.6. The van der Waals surface area contributed by atoms with E-state index in [4.69, 9.17) is 0 Å². The van der Waals surface area contributed by atoms with E-state index in [2.05, 4.69) is 161 Å². The minimum absolute atomic E-state index is 0.0118. The maximum Gasteiger partial charge on any atom is 0.133 e. The number of hydrogen-bond acceptors (Lipinski definition) is 6. The monoisotopic (exact) mass is 924 g/mol. The fraction of sp³-hybridized carbons (Fsp3) is 0. The predicted molar refractivity (Wildman–Crippen MR) is 282 cm³/mol. The lowest BCUT2D eigenvalue weighted by Crippen LogP contribution is -2.07. The van der Waals surface area contributed by atoms with Gasteiger partial charge in [-0.05, 0) is 147 Å². The summed E-state index contributed by atoms with van der Waals surface area (Å²) in [6.45, 7) is 0. The molecule has 0 spiro atoms. The van der Waals surface area contributed by atoms with Gasteiger partial charge in [0, 0.05) is 62.4 Å². The first-order valence-electron chi connectivity index (χ1n) is 21.6. The van der Waals surface area contributed by atoms with Crippen LogP contribution in [0, 0.1) is 11.6 Å². The average molecular weight is 925 g/mol. The highest BCUT2D eigenvalue weighted by Gasteiger charge is 2.24. The van der Waals surface area contributed by atoms with E-state index in [0.717, 1.165) is 86.0 Å². The zero-order chi connectivity index (χ0) is 43.9. The van der Waals surface area contributed by atoms with E-state index in [-0.39, 0.29) is 5.56 Å². The Labute approximate surface area is 395 Å². The Balaban J connectivity index is 0.988. The van der Waals surface area contributed by atoms with Crippen molar-refractivity contribution in [3.63, 3.8) is 0 Å². The van der Waals surface area contributed by atoms with Gasteiger partial charge in [0.1, 0.15) is 21.6 Å². The standard InChI is InChI=1S/C58H34F2N2S4/c59-46-25-14-26-47(60)57(46)35-27-36-29-44(48-31-50-52(63-48)33-54(65-50)61(38-15-5-1-6-16-38)39-17-7-2-8-18-39)42-23-13-24-43-45(30-37(28-35)56(36)58(42)43)49-32-51-53(64-49)34-55(66-51)62(40-19-9-3-10-20-40)41-21-11-4-12-22-41/h1-34H. The Kier molecular flexibility index (Phi) is 9.35. The Morgan fingerprint density at radius 3 is 1.11 bits per heavy atom. The first kappa shape index (κ1) is 39.2. The van der Waals surface area contributed by atoms with Gasteiger partial charge in [-0.1, -0.05) is 97.1 Å². The summed E-state index contributed by atoms with van der Waals surface area (Å²) in [5.41, 5.74) is 7.14. The summed E-state index contributed by atoms with van der Waals surface area (Å²) in [6.07, 6.45) is 0. The van der Waals surface area contributed by atoms with Crippen LogP contribution in [-0.2, 0) is 0 Å². The van der Waals surface area contributed by atoms with Crippen molar-refractivity contribution in [3.8, 4) is 32.0 Å². The molecule has 0 bridgehead atoms. The molecule has 0 amide bonds. The second-order valence-corrected chi connectivity index (χ2v) is 20.6. The molecule has 66 heavy (non-hydrogen) atoms. The van der Waals surface area contributed by atoms with Crippen molar-refractivity contribution in [2.24, 2.45) is 0 Å². The van der Waals surface area contributed by atoms with Crippen LogP contribution in [0.1, 0.15) is 0 Å². The van der Waals surface area contributed by atoms with Crippen LogP contribution >= 0.6 is 45.3 Å². The molecule has 9 aromatic carbocycles. The minimum atomic E-state index is -0.577. The summed E-state index contributed by atoms with van der Waals surface area (Å²) < 4.78 is 36.1.